The Balaban J connectivity index is 1.56. The van der Waals surface area contributed by atoms with Crippen molar-refractivity contribution in [2.75, 3.05) is 13.2 Å². The van der Waals surface area contributed by atoms with Gasteiger partial charge < -0.3 is 9.64 Å². The van der Waals surface area contributed by atoms with E-state index in [9.17, 15) is 9.59 Å². The highest BCUT2D eigenvalue weighted by molar-refractivity contribution is 5.78. The van der Waals surface area contributed by atoms with E-state index in [1.807, 2.05) is 12.1 Å². The maximum atomic E-state index is 13.0. The van der Waals surface area contributed by atoms with E-state index in [1.165, 1.54) is 0 Å². The molecule has 0 saturated carbocycles. The Morgan fingerprint density at radius 3 is 2.93 bits per heavy atom. The van der Waals surface area contributed by atoms with Crippen LogP contribution in [0, 0.1) is 0 Å². The maximum Gasteiger partial charge on any atom is 0.278 e. The molecule has 0 unspecified atom stereocenters. The second-order valence-electron chi connectivity index (χ2n) is 6.84. The summed E-state index contributed by atoms with van der Waals surface area (Å²) in [7, 11) is 0. The van der Waals surface area contributed by atoms with Crippen LogP contribution in [0.5, 0.6) is 0 Å². The highest BCUT2D eigenvalue weighted by Gasteiger charge is 2.23. The Morgan fingerprint density at radius 1 is 1.25 bits per heavy atom. The number of ether oxygens (including phenoxy) is 1. The van der Waals surface area contributed by atoms with Crippen molar-refractivity contribution in [1.82, 2.24) is 24.9 Å². The first-order valence-electron chi connectivity index (χ1n) is 9.31. The van der Waals surface area contributed by atoms with Gasteiger partial charge in [0.05, 0.1) is 11.5 Å². The van der Waals surface area contributed by atoms with Crippen molar-refractivity contribution in [1.29, 1.82) is 0 Å². The van der Waals surface area contributed by atoms with Gasteiger partial charge in [0.15, 0.2) is 0 Å². The van der Waals surface area contributed by atoms with Crippen molar-refractivity contribution < 1.29 is 9.53 Å². The molecule has 0 spiro atoms. The number of hydrogen-bond donors (Lipinski definition) is 0. The molecule has 3 heterocycles. The standard InChI is InChI=1S/C20H21N5O3/c26-19(14-25-20(27)17-7-1-2-8-18(17)22-23-25)24(13-16-6-4-10-28-16)12-15-5-3-9-21-11-15/h1-3,5,7-9,11,16H,4,6,10,12-14H2/t16-/m0/s1. The molecule has 1 saturated heterocycles. The van der Waals surface area contributed by atoms with E-state index in [0.29, 0.717) is 24.0 Å². The largest absolute Gasteiger partial charge is 0.376 e. The Bertz CT molecular complexity index is 1020. The number of fused-ring (bicyclic) bond motifs is 1. The quantitative estimate of drug-likeness (QED) is 0.643. The minimum Gasteiger partial charge on any atom is -0.376 e. The number of carbonyl (C=O) groups excluding carboxylic acids is 1. The van der Waals surface area contributed by atoms with E-state index in [2.05, 4.69) is 15.3 Å². The molecule has 1 aliphatic rings. The summed E-state index contributed by atoms with van der Waals surface area (Å²) in [6.45, 7) is 1.44. The molecular formula is C20H21N5O3. The predicted octanol–water partition coefficient (Wildman–Crippen LogP) is 1.39. The van der Waals surface area contributed by atoms with Gasteiger partial charge in [0.25, 0.3) is 5.56 Å². The van der Waals surface area contributed by atoms with Crippen molar-refractivity contribution in [3.63, 3.8) is 0 Å². The third kappa shape index (κ3) is 4.07. The van der Waals surface area contributed by atoms with Crippen LogP contribution in [-0.2, 0) is 22.6 Å². The molecule has 28 heavy (non-hydrogen) atoms. The van der Waals surface area contributed by atoms with Crippen LogP contribution in [0.4, 0.5) is 0 Å². The fraction of sp³-hybridized carbons (Fsp3) is 0.350. The number of nitrogens with zero attached hydrogens (tertiary/aromatic N) is 5. The summed E-state index contributed by atoms with van der Waals surface area (Å²) in [6.07, 6.45) is 5.36. The van der Waals surface area contributed by atoms with Crippen LogP contribution in [0.2, 0.25) is 0 Å². The number of hydrogen-bond acceptors (Lipinski definition) is 6. The second-order valence-corrected chi connectivity index (χ2v) is 6.84. The molecular weight excluding hydrogens is 358 g/mol. The molecule has 0 radical (unpaired) electrons. The van der Waals surface area contributed by atoms with Crippen molar-refractivity contribution >= 4 is 16.8 Å². The van der Waals surface area contributed by atoms with Gasteiger partial charge in [-0.1, -0.05) is 23.4 Å². The van der Waals surface area contributed by atoms with Gasteiger partial charge in [0.1, 0.15) is 12.1 Å². The summed E-state index contributed by atoms with van der Waals surface area (Å²) in [5.74, 6) is -0.203. The van der Waals surface area contributed by atoms with E-state index in [4.69, 9.17) is 4.74 Å². The summed E-state index contributed by atoms with van der Waals surface area (Å²) in [5.41, 5.74) is 1.12. The molecule has 1 aromatic carbocycles. The summed E-state index contributed by atoms with van der Waals surface area (Å²) >= 11 is 0. The number of aromatic nitrogens is 4. The van der Waals surface area contributed by atoms with Gasteiger partial charge >= 0.3 is 0 Å². The zero-order valence-electron chi connectivity index (χ0n) is 15.4. The topological polar surface area (TPSA) is 90.2 Å². The minimum atomic E-state index is -0.322. The molecule has 144 valence electrons. The van der Waals surface area contributed by atoms with Crippen molar-refractivity contribution in [3.8, 4) is 0 Å². The summed E-state index contributed by atoms with van der Waals surface area (Å²) < 4.78 is 6.82. The lowest BCUT2D eigenvalue weighted by atomic mass is 10.2. The molecule has 1 amide bonds. The molecule has 2 aromatic heterocycles. The van der Waals surface area contributed by atoms with Crippen LogP contribution in [0.25, 0.3) is 10.9 Å². The minimum absolute atomic E-state index is 0.0139. The second kappa shape index (κ2) is 8.26. The predicted molar refractivity (Wildman–Crippen MR) is 102 cm³/mol. The molecule has 0 aliphatic carbocycles. The number of benzene rings is 1. The average Bonchev–Trinajstić information content (AvgIpc) is 3.24. The Labute approximate surface area is 161 Å². The van der Waals surface area contributed by atoms with Crippen molar-refractivity contribution in [3.05, 3.63) is 64.7 Å². The Hall–Kier alpha value is -3.13. The third-order valence-corrected chi connectivity index (χ3v) is 4.81. The van der Waals surface area contributed by atoms with Gasteiger partial charge in [-0.3, -0.25) is 14.6 Å². The summed E-state index contributed by atoms with van der Waals surface area (Å²) in [6, 6.07) is 10.7. The lowest BCUT2D eigenvalue weighted by Crippen LogP contribution is -2.41. The third-order valence-electron chi connectivity index (χ3n) is 4.81. The number of pyridine rings is 1. The smallest absolute Gasteiger partial charge is 0.278 e. The highest BCUT2D eigenvalue weighted by atomic mass is 16.5. The summed E-state index contributed by atoms with van der Waals surface area (Å²) in [5, 5.41) is 8.43. The van der Waals surface area contributed by atoms with E-state index in [0.717, 1.165) is 29.7 Å². The summed E-state index contributed by atoms with van der Waals surface area (Å²) in [4.78, 5) is 31.5. The molecule has 1 aliphatic heterocycles. The maximum absolute atomic E-state index is 13.0. The van der Waals surface area contributed by atoms with E-state index >= 15 is 0 Å². The van der Waals surface area contributed by atoms with Crippen molar-refractivity contribution in [2.45, 2.75) is 32.0 Å². The molecule has 4 rings (SSSR count). The SMILES string of the molecule is O=C(Cn1nnc2ccccc2c1=O)N(Cc1cccnc1)C[C@@H]1CCCO1. The van der Waals surface area contributed by atoms with Crippen LogP contribution < -0.4 is 5.56 Å². The first-order chi connectivity index (χ1) is 13.7. The molecule has 0 N–H and O–H groups in total. The Kier molecular flexibility index (Phi) is 5.38. The first kappa shape index (κ1) is 18.2. The van der Waals surface area contributed by atoms with Gasteiger partial charge in [0.2, 0.25) is 5.91 Å². The van der Waals surface area contributed by atoms with Crippen LogP contribution >= 0.6 is 0 Å². The van der Waals surface area contributed by atoms with Crippen LogP contribution in [0.15, 0.2) is 53.6 Å². The van der Waals surface area contributed by atoms with Gasteiger partial charge in [-0.05, 0) is 36.6 Å². The van der Waals surface area contributed by atoms with Crippen LogP contribution in [0.1, 0.15) is 18.4 Å². The normalized spacial score (nSPS) is 16.4. The van der Waals surface area contributed by atoms with Crippen LogP contribution in [-0.4, -0.2) is 50.0 Å². The fourth-order valence-corrected chi connectivity index (χ4v) is 3.36. The zero-order valence-corrected chi connectivity index (χ0v) is 15.4. The molecule has 8 nitrogen and oxygen atoms in total. The molecule has 3 aromatic rings. The first-order valence-corrected chi connectivity index (χ1v) is 9.31. The number of rotatable bonds is 6. The molecule has 1 atom stereocenters. The monoisotopic (exact) mass is 379 g/mol. The highest BCUT2D eigenvalue weighted by Crippen LogP contribution is 2.15. The van der Waals surface area contributed by atoms with Crippen molar-refractivity contribution in [2.24, 2.45) is 0 Å². The number of carbonyl (C=O) groups is 1. The van der Waals surface area contributed by atoms with Gasteiger partial charge in [0, 0.05) is 32.1 Å². The average molecular weight is 379 g/mol. The molecule has 0 bridgehead atoms. The fourth-order valence-electron chi connectivity index (χ4n) is 3.36. The van der Waals surface area contributed by atoms with Crippen LogP contribution in [0.3, 0.4) is 0 Å². The molecule has 1 fully saturated rings. The lowest BCUT2D eigenvalue weighted by Gasteiger charge is -2.25. The van der Waals surface area contributed by atoms with Gasteiger partial charge in [-0.25, -0.2) is 4.68 Å². The Morgan fingerprint density at radius 2 is 2.14 bits per heavy atom. The van der Waals surface area contributed by atoms with Gasteiger partial charge in [-0.15, -0.1) is 5.10 Å². The zero-order chi connectivity index (χ0) is 19.3. The van der Waals surface area contributed by atoms with E-state index in [-0.39, 0.29) is 24.1 Å². The number of amides is 1. The van der Waals surface area contributed by atoms with E-state index < -0.39 is 0 Å². The van der Waals surface area contributed by atoms with E-state index in [1.54, 1.807) is 41.6 Å². The molecule has 8 heteroatoms. The van der Waals surface area contributed by atoms with Gasteiger partial charge in [-0.2, -0.15) is 0 Å². The lowest BCUT2D eigenvalue weighted by molar-refractivity contribution is -0.134.